The molecule has 2 aromatic rings. The molecule has 1 aromatic heterocycles. The monoisotopic (exact) mass is 354 g/mol. The summed E-state index contributed by atoms with van der Waals surface area (Å²) < 4.78 is 4.69. The van der Waals surface area contributed by atoms with Crippen LogP contribution in [0.1, 0.15) is 28.8 Å². The van der Waals surface area contributed by atoms with Crippen LogP contribution in [0.2, 0.25) is 0 Å². The molecular weight excluding hydrogens is 332 g/mol. The number of nitrogen functional groups attached to an aromatic ring is 1. The van der Waals surface area contributed by atoms with Crippen LogP contribution in [0.4, 0.5) is 17.2 Å². The first-order valence-electron chi connectivity index (χ1n) is 8.56. The van der Waals surface area contributed by atoms with Gasteiger partial charge in [-0.15, -0.1) is 0 Å². The number of hydrogen-bond donors (Lipinski definition) is 2. The molecule has 1 amide bonds. The minimum atomic E-state index is -0.382. The lowest BCUT2D eigenvalue weighted by Gasteiger charge is -2.24. The van der Waals surface area contributed by atoms with Crippen LogP contribution in [0.5, 0.6) is 0 Å². The smallest absolute Gasteiger partial charge is 0.307 e. The zero-order valence-corrected chi connectivity index (χ0v) is 14.7. The average Bonchev–Trinajstić information content (AvgIpc) is 2.68. The third-order valence-electron chi connectivity index (χ3n) is 4.36. The summed E-state index contributed by atoms with van der Waals surface area (Å²) in [5.74, 6) is -0.142. The lowest BCUT2D eigenvalue weighted by atomic mass is 9.98. The second-order valence-corrected chi connectivity index (χ2v) is 6.10. The molecule has 1 aliphatic rings. The molecule has 0 radical (unpaired) electrons. The average molecular weight is 354 g/mol. The highest BCUT2D eigenvalue weighted by atomic mass is 16.5. The third kappa shape index (κ3) is 3.77. The predicted octanol–water partition coefficient (Wildman–Crippen LogP) is 2.23. The number of amides is 1. The van der Waals surface area contributed by atoms with Crippen molar-refractivity contribution in [3.8, 4) is 0 Å². The number of ether oxygens (including phenoxy) is 1. The molecule has 0 unspecified atom stereocenters. The number of aromatic nitrogens is 1. The van der Waals surface area contributed by atoms with E-state index in [0.717, 1.165) is 30.6 Å². The van der Waals surface area contributed by atoms with Gasteiger partial charge in [-0.2, -0.15) is 0 Å². The van der Waals surface area contributed by atoms with Crippen LogP contribution in [0.25, 0.3) is 0 Å². The zero-order chi connectivity index (χ0) is 18.5. The van der Waals surface area contributed by atoms with Gasteiger partial charge in [0, 0.05) is 24.8 Å². The van der Waals surface area contributed by atoms with Crippen molar-refractivity contribution in [2.45, 2.75) is 19.3 Å². The van der Waals surface area contributed by atoms with Gasteiger partial charge in [0.1, 0.15) is 5.82 Å². The SMILES string of the molecule is COC(=O)CCN(C(=O)c1cc(N)c2c(c1)CCCN2)c1ccccn1. The van der Waals surface area contributed by atoms with E-state index >= 15 is 0 Å². The molecule has 7 heteroatoms. The second-order valence-electron chi connectivity index (χ2n) is 6.10. The number of carbonyl (C=O) groups is 2. The Hall–Kier alpha value is -3.09. The Balaban J connectivity index is 1.92. The Kier molecular flexibility index (Phi) is 5.36. The van der Waals surface area contributed by atoms with Gasteiger partial charge in [0.15, 0.2) is 0 Å². The van der Waals surface area contributed by atoms with Crippen molar-refractivity contribution in [3.63, 3.8) is 0 Å². The van der Waals surface area contributed by atoms with Crippen molar-refractivity contribution in [2.75, 3.05) is 36.1 Å². The summed E-state index contributed by atoms with van der Waals surface area (Å²) in [6, 6.07) is 8.85. The topological polar surface area (TPSA) is 97.5 Å². The molecule has 136 valence electrons. The van der Waals surface area contributed by atoms with Crippen molar-refractivity contribution in [1.82, 2.24) is 4.98 Å². The van der Waals surface area contributed by atoms with E-state index in [9.17, 15) is 9.59 Å². The van der Waals surface area contributed by atoms with Crippen molar-refractivity contribution in [1.29, 1.82) is 0 Å². The number of nitrogens with one attached hydrogen (secondary N) is 1. The molecule has 0 saturated heterocycles. The summed E-state index contributed by atoms with van der Waals surface area (Å²) in [6.45, 7) is 1.06. The maximum absolute atomic E-state index is 13.1. The Morgan fingerprint density at radius 3 is 2.92 bits per heavy atom. The van der Waals surface area contributed by atoms with E-state index in [1.54, 1.807) is 30.5 Å². The number of rotatable bonds is 5. The standard InChI is InChI=1S/C19H22N4O3/c1-26-17(24)7-10-23(16-6-2-3-8-21-16)19(25)14-11-13-5-4-9-22-18(13)15(20)12-14/h2-3,6,8,11-12,22H,4-5,7,9-10,20H2,1H3. The lowest BCUT2D eigenvalue weighted by molar-refractivity contribution is -0.140. The van der Waals surface area contributed by atoms with Crippen molar-refractivity contribution >= 4 is 29.1 Å². The van der Waals surface area contributed by atoms with E-state index in [0.29, 0.717) is 17.1 Å². The largest absolute Gasteiger partial charge is 0.469 e. The van der Waals surface area contributed by atoms with Crippen LogP contribution >= 0.6 is 0 Å². The van der Waals surface area contributed by atoms with E-state index in [4.69, 9.17) is 5.73 Å². The minimum absolute atomic E-state index is 0.0841. The van der Waals surface area contributed by atoms with E-state index in [1.807, 2.05) is 6.07 Å². The summed E-state index contributed by atoms with van der Waals surface area (Å²) in [5.41, 5.74) is 9.13. The molecule has 1 aromatic carbocycles. The predicted molar refractivity (Wildman–Crippen MR) is 100 cm³/mol. The number of methoxy groups -OCH3 is 1. The number of aryl methyl sites for hydroxylation is 1. The summed E-state index contributed by atoms with van der Waals surface area (Å²) in [7, 11) is 1.33. The third-order valence-corrected chi connectivity index (χ3v) is 4.36. The molecular formula is C19H22N4O3. The molecule has 26 heavy (non-hydrogen) atoms. The highest BCUT2D eigenvalue weighted by molar-refractivity contribution is 6.07. The molecule has 3 N–H and O–H groups in total. The summed E-state index contributed by atoms with van der Waals surface area (Å²) in [5, 5.41) is 3.28. The Morgan fingerprint density at radius 1 is 1.35 bits per heavy atom. The van der Waals surface area contributed by atoms with Crippen LogP contribution < -0.4 is 16.0 Å². The minimum Gasteiger partial charge on any atom is -0.469 e. The maximum atomic E-state index is 13.1. The highest BCUT2D eigenvalue weighted by Crippen LogP contribution is 2.30. The van der Waals surface area contributed by atoms with Gasteiger partial charge in [-0.05, 0) is 42.7 Å². The van der Waals surface area contributed by atoms with Gasteiger partial charge in [0.2, 0.25) is 0 Å². The van der Waals surface area contributed by atoms with Gasteiger partial charge in [-0.1, -0.05) is 6.07 Å². The van der Waals surface area contributed by atoms with Gasteiger partial charge in [0.25, 0.3) is 5.91 Å². The van der Waals surface area contributed by atoms with Gasteiger partial charge < -0.3 is 15.8 Å². The van der Waals surface area contributed by atoms with Crippen LogP contribution in [-0.2, 0) is 16.0 Å². The summed E-state index contributed by atoms with van der Waals surface area (Å²) in [6.07, 6.45) is 3.56. The molecule has 2 heterocycles. The fourth-order valence-corrected chi connectivity index (χ4v) is 3.05. The first-order chi connectivity index (χ1) is 12.6. The summed E-state index contributed by atoms with van der Waals surface area (Å²) in [4.78, 5) is 30.4. The zero-order valence-electron chi connectivity index (χ0n) is 14.7. The molecule has 0 saturated carbocycles. The molecule has 3 rings (SSSR count). The number of pyridine rings is 1. The number of carbonyl (C=O) groups excluding carboxylic acids is 2. The van der Waals surface area contributed by atoms with Crippen LogP contribution in [-0.4, -0.2) is 37.1 Å². The number of anilines is 3. The van der Waals surface area contributed by atoms with E-state index in [1.165, 1.54) is 12.0 Å². The number of hydrogen-bond acceptors (Lipinski definition) is 6. The van der Waals surface area contributed by atoms with Gasteiger partial charge >= 0.3 is 5.97 Å². The van der Waals surface area contributed by atoms with Crippen molar-refractivity contribution in [3.05, 3.63) is 47.7 Å². The number of fused-ring (bicyclic) bond motifs is 1. The normalized spacial score (nSPS) is 12.7. The first-order valence-corrected chi connectivity index (χ1v) is 8.56. The second kappa shape index (κ2) is 7.86. The number of nitrogens with two attached hydrogens (primary N) is 1. The Labute approximate surface area is 152 Å². The highest BCUT2D eigenvalue weighted by Gasteiger charge is 2.22. The van der Waals surface area contributed by atoms with Gasteiger partial charge in [0.05, 0.1) is 24.9 Å². The molecule has 1 aliphatic heterocycles. The Morgan fingerprint density at radius 2 is 2.19 bits per heavy atom. The molecule has 7 nitrogen and oxygen atoms in total. The summed E-state index contributed by atoms with van der Waals surface area (Å²) >= 11 is 0. The fraction of sp³-hybridized carbons (Fsp3) is 0.316. The molecule has 0 aliphatic carbocycles. The number of esters is 1. The maximum Gasteiger partial charge on any atom is 0.307 e. The number of nitrogens with zero attached hydrogens (tertiary/aromatic N) is 2. The number of benzene rings is 1. The molecule has 0 atom stereocenters. The lowest BCUT2D eigenvalue weighted by Crippen LogP contribution is -2.34. The Bertz CT molecular complexity index is 808. The first kappa shape index (κ1) is 17.7. The van der Waals surface area contributed by atoms with Crippen LogP contribution in [0.15, 0.2) is 36.5 Å². The van der Waals surface area contributed by atoms with E-state index < -0.39 is 0 Å². The molecule has 0 bridgehead atoms. The van der Waals surface area contributed by atoms with E-state index in [2.05, 4.69) is 15.0 Å². The van der Waals surface area contributed by atoms with Gasteiger partial charge in [-0.3, -0.25) is 14.5 Å². The van der Waals surface area contributed by atoms with Crippen LogP contribution in [0, 0.1) is 0 Å². The van der Waals surface area contributed by atoms with Gasteiger partial charge in [-0.25, -0.2) is 4.98 Å². The van der Waals surface area contributed by atoms with E-state index in [-0.39, 0.29) is 24.8 Å². The van der Waals surface area contributed by atoms with Crippen molar-refractivity contribution in [2.24, 2.45) is 0 Å². The quantitative estimate of drug-likeness (QED) is 0.631. The fourth-order valence-electron chi connectivity index (χ4n) is 3.05. The molecule has 0 spiro atoms. The van der Waals surface area contributed by atoms with Crippen molar-refractivity contribution < 1.29 is 14.3 Å². The molecule has 0 fully saturated rings. The van der Waals surface area contributed by atoms with Crippen LogP contribution in [0.3, 0.4) is 0 Å².